The second kappa shape index (κ2) is 6.13. The largest absolute Gasteiger partial charge is 0.547 e. The van der Waals surface area contributed by atoms with Crippen molar-refractivity contribution in [2.75, 3.05) is 7.11 Å². The van der Waals surface area contributed by atoms with E-state index in [2.05, 4.69) is 6.58 Å². The Morgan fingerprint density at radius 2 is 2.00 bits per heavy atom. The van der Waals surface area contributed by atoms with E-state index in [0.29, 0.717) is 0 Å². The summed E-state index contributed by atoms with van der Waals surface area (Å²) in [5, 5.41) is 19.6. The first-order valence-electron chi connectivity index (χ1n) is 5.66. The highest BCUT2D eigenvalue weighted by atomic mass is 35.5. The molecule has 1 atom stereocenters. The Labute approximate surface area is 127 Å². The second-order valence-electron chi connectivity index (χ2n) is 4.37. The van der Waals surface area contributed by atoms with Gasteiger partial charge in [-0.05, 0) is 17.7 Å². The smallest absolute Gasteiger partial charge is 0.422 e. The van der Waals surface area contributed by atoms with E-state index < -0.39 is 41.3 Å². The monoisotopic (exact) mass is 341 g/mol. The van der Waals surface area contributed by atoms with E-state index in [-0.39, 0.29) is 10.6 Å². The Bertz CT molecular complexity index is 615. The number of rotatable bonds is 5. The van der Waals surface area contributed by atoms with Crippen molar-refractivity contribution in [1.82, 2.24) is 0 Å². The van der Waals surface area contributed by atoms with Gasteiger partial charge in [0.25, 0.3) is 0 Å². The zero-order chi connectivity index (χ0) is 17.3. The van der Waals surface area contributed by atoms with E-state index in [9.17, 15) is 32.6 Å². The predicted octanol–water partition coefficient (Wildman–Crippen LogP) is 1.93. The first-order valence-corrected chi connectivity index (χ1v) is 6.04. The third-order valence-corrected chi connectivity index (χ3v) is 3.20. The average molecular weight is 342 g/mol. The fraction of sp³-hybridized carbons (Fsp3) is 0.308. The second-order valence-corrected chi connectivity index (χ2v) is 4.78. The Kier molecular flexibility index (Phi) is 5.09. The SMILES string of the molecule is C=C(CC(O)(C(=O)[O-])C(F)(F)F)c1ccc(Cl)c(F)c1OC. The molecule has 0 amide bonds. The molecule has 1 rings (SSSR count). The maximum Gasteiger partial charge on any atom is 0.422 e. The van der Waals surface area contributed by atoms with Gasteiger partial charge < -0.3 is 19.7 Å². The van der Waals surface area contributed by atoms with E-state index in [4.69, 9.17) is 16.3 Å². The molecule has 0 aromatic heterocycles. The van der Waals surface area contributed by atoms with Crippen molar-refractivity contribution in [3.05, 3.63) is 35.1 Å². The normalized spacial score (nSPS) is 14.3. The quantitative estimate of drug-likeness (QED) is 0.831. The van der Waals surface area contributed by atoms with Crippen molar-refractivity contribution in [2.45, 2.75) is 18.2 Å². The molecule has 0 radical (unpaired) electrons. The van der Waals surface area contributed by atoms with Crippen LogP contribution in [0, 0.1) is 5.82 Å². The lowest BCUT2D eigenvalue weighted by Crippen LogP contribution is -2.58. The molecule has 0 aliphatic heterocycles. The number of alkyl halides is 3. The van der Waals surface area contributed by atoms with Crippen LogP contribution >= 0.6 is 11.6 Å². The molecule has 1 unspecified atom stereocenters. The Balaban J connectivity index is 3.28. The molecule has 1 aromatic carbocycles. The molecule has 1 N–H and O–H groups in total. The number of hydrogen-bond donors (Lipinski definition) is 1. The minimum absolute atomic E-state index is 0.256. The van der Waals surface area contributed by atoms with Crippen molar-refractivity contribution >= 4 is 23.1 Å². The van der Waals surface area contributed by atoms with Crippen LogP contribution in [0.2, 0.25) is 5.02 Å². The molecule has 0 saturated carbocycles. The van der Waals surface area contributed by atoms with Crippen LogP contribution in [0.1, 0.15) is 12.0 Å². The highest BCUT2D eigenvalue weighted by Crippen LogP contribution is 2.40. The van der Waals surface area contributed by atoms with E-state index in [1.54, 1.807) is 0 Å². The number of carboxylic acids is 1. The predicted molar refractivity (Wildman–Crippen MR) is 67.6 cm³/mol. The Morgan fingerprint density at radius 3 is 2.41 bits per heavy atom. The maximum atomic E-state index is 13.7. The van der Waals surface area contributed by atoms with Gasteiger partial charge in [0.2, 0.25) is 5.60 Å². The van der Waals surface area contributed by atoms with Gasteiger partial charge in [0.15, 0.2) is 11.6 Å². The standard InChI is InChI=1S/C13H11ClF4O4/c1-6(5-12(21,11(19)20)13(16,17)18)7-3-4-8(14)9(15)10(7)22-2/h3-4,21H,1,5H2,2H3,(H,19,20)/p-1. The molecule has 4 nitrogen and oxygen atoms in total. The number of aliphatic carboxylic acids is 1. The number of halogens is 5. The molecule has 0 aliphatic rings. The van der Waals surface area contributed by atoms with Crippen LogP contribution in [0.4, 0.5) is 17.6 Å². The topological polar surface area (TPSA) is 69.6 Å². The van der Waals surface area contributed by atoms with Crippen LogP contribution in [0.5, 0.6) is 5.75 Å². The third kappa shape index (κ3) is 3.17. The summed E-state index contributed by atoms with van der Waals surface area (Å²) in [7, 11) is 1.04. The van der Waals surface area contributed by atoms with Gasteiger partial charge in [0.05, 0.1) is 18.1 Å². The number of ether oxygens (including phenoxy) is 1. The van der Waals surface area contributed by atoms with Gasteiger partial charge in [-0.1, -0.05) is 18.2 Å². The summed E-state index contributed by atoms with van der Waals surface area (Å²) in [6.45, 7) is 3.24. The van der Waals surface area contributed by atoms with Crippen molar-refractivity contribution < 1.29 is 37.3 Å². The van der Waals surface area contributed by atoms with Gasteiger partial charge in [-0.25, -0.2) is 4.39 Å². The maximum absolute atomic E-state index is 13.7. The molecule has 122 valence electrons. The van der Waals surface area contributed by atoms with Gasteiger partial charge in [-0.2, -0.15) is 13.2 Å². The van der Waals surface area contributed by atoms with Gasteiger partial charge in [0, 0.05) is 12.0 Å². The number of benzene rings is 1. The summed E-state index contributed by atoms with van der Waals surface area (Å²) >= 11 is 5.51. The zero-order valence-corrected chi connectivity index (χ0v) is 11.9. The Hall–Kier alpha value is -1.80. The average Bonchev–Trinajstić information content (AvgIpc) is 2.39. The summed E-state index contributed by atoms with van der Waals surface area (Å²) in [6, 6.07) is 2.13. The molecule has 0 spiro atoms. The number of carbonyl (C=O) groups is 1. The van der Waals surface area contributed by atoms with Crippen molar-refractivity contribution in [2.24, 2.45) is 0 Å². The van der Waals surface area contributed by atoms with Crippen molar-refractivity contribution in [3.63, 3.8) is 0 Å². The van der Waals surface area contributed by atoms with Crippen LogP contribution in [-0.4, -0.2) is 30.0 Å². The van der Waals surface area contributed by atoms with Gasteiger partial charge in [-0.15, -0.1) is 0 Å². The summed E-state index contributed by atoms with van der Waals surface area (Å²) in [6.07, 6.45) is -6.97. The number of carbonyl (C=O) groups excluding carboxylic acids is 1. The summed E-state index contributed by atoms with van der Waals surface area (Å²) < 4.78 is 56.6. The number of methoxy groups -OCH3 is 1. The van der Waals surface area contributed by atoms with Crippen molar-refractivity contribution in [3.8, 4) is 5.75 Å². The third-order valence-electron chi connectivity index (χ3n) is 2.91. The number of aliphatic hydroxyl groups is 1. The minimum Gasteiger partial charge on any atom is -0.547 e. The fourth-order valence-electron chi connectivity index (χ4n) is 1.70. The lowest BCUT2D eigenvalue weighted by Gasteiger charge is -2.32. The summed E-state index contributed by atoms with van der Waals surface area (Å²) in [4.78, 5) is 10.7. The molecule has 0 bridgehead atoms. The molecular formula is C13H10ClF4O4-. The first kappa shape index (κ1) is 18.2. The molecule has 0 saturated heterocycles. The van der Waals surface area contributed by atoms with Crippen LogP contribution in [0.15, 0.2) is 18.7 Å². The molecule has 0 aliphatic carbocycles. The lowest BCUT2D eigenvalue weighted by atomic mass is 9.90. The molecule has 1 aromatic rings. The van der Waals surface area contributed by atoms with E-state index in [1.807, 2.05) is 0 Å². The fourth-order valence-corrected chi connectivity index (χ4v) is 1.85. The summed E-state index contributed by atoms with van der Waals surface area (Å²) in [5.74, 6) is -4.30. The molecular weight excluding hydrogens is 332 g/mol. The zero-order valence-electron chi connectivity index (χ0n) is 11.1. The summed E-state index contributed by atoms with van der Waals surface area (Å²) in [5.41, 5.74) is -4.93. The first-order chi connectivity index (χ1) is 9.95. The number of hydrogen-bond acceptors (Lipinski definition) is 4. The van der Waals surface area contributed by atoms with E-state index in [1.165, 1.54) is 0 Å². The highest BCUT2D eigenvalue weighted by Gasteiger charge is 2.55. The molecule has 0 heterocycles. The van der Waals surface area contributed by atoms with E-state index >= 15 is 0 Å². The Morgan fingerprint density at radius 1 is 1.45 bits per heavy atom. The van der Waals surface area contributed by atoms with Crippen molar-refractivity contribution in [1.29, 1.82) is 0 Å². The van der Waals surface area contributed by atoms with Crippen LogP contribution in [0.25, 0.3) is 5.57 Å². The van der Waals surface area contributed by atoms with Gasteiger partial charge >= 0.3 is 6.18 Å². The van der Waals surface area contributed by atoms with E-state index in [0.717, 1.165) is 19.2 Å². The van der Waals surface area contributed by atoms with Crippen LogP contribution in [0.3, 0.4) is 0 Å². The van der Waals surface area contributed by atoms with Gasteiger partial charge in [-0.3, -0.25) is 0 Å². The molecule has 22 heavy (non-hydrogen) atoms. The minimum atomic E-state index is -5.51. The van der Waals surface area contributed by atoms with Crippen LogP contribution < -0.4 is 9.84 Å². The molecule has 9 heteroatoms. The highest BCUT2D eigenvalue weighted by molar-refractivity contribution is 6.31. The number of carboxylic acid groups (broad SMARTS) is 1. The molecule has 0 fully saturated rings. The van der Waals surface area contributed by atoms with Gasteiger partial charge in [0.1, 0.15) is 0 Å². The lowest BCUT2D eigenvalue weighted by molar-refractivity contribution is -0.353. The van der Waals surface area contributed by atoms with Crippen LogP contribution in [-0.2, 0) is 4.79 Å².